The van der Waals surface area contributed by atoms with Crippen molar-refractivity contribution in [2.75, 3.05) is 13.7 Å². The smallest absolute Gasteiger partial charge is 0.416 e. The van der Waals surface area contributed by atoms with Crippen LogP contribution in [0.5, 0.6) is 5.75 Å². The maximum absolute atomic E-state index is 14.9. The summed E-state index contributed by atoms with van der Waals surface area (Å²) in [6, 6.07) is 10.9. The van der Waals surface area contributed by atoms with Crippen molar-refractivity contribution in [3.8, 4) is 5.75 Å². The largest absolute Gasteiger partial charge is 0.494 e. The molecule has 0 spiro atoms. The average Bonchev–Trinajstić information content (AvgIpc) is 3.60. The summed E-state index contributed by atoms with van der Waals surface area (Å²) in [6.07, 6.45) is -4.98. The molecule has 7 nitrogen and oxygen atoms in total. The second-order valence-electron chi connectivity index (χ2n) is 10.1. The lowest BCUT2D eigenvalue weighted by atomic mass is 9.77. The summed E-state index contributed by atoms with van der Waals surface area (Å²) in [5, 5.41) is 8.78. The number of halogens is 7. The maximum atomic E-state index is 14.9. The van der Waals surface area contributed by atoms with E-state index in [1.807, 2.05) is 0 Å². The van der Waals surface area contributed by atoms with Gasteiger partial charge in [0, 0.05) is 12.8 Å². The number of benzene rings is 3. The Hall–Kier alpha value is -4.62. The van der Waals surface area contributed by atoms with Gasteiger partial charge in [0.2, 0.25) is 0 Å². The van der Waals surface area contributed by atoms with Crippen molar-refractivity contribution < 1.29 is 40.3 Å². The average molecular weight is 608 g/mol. The molecule has 2 atom stereocenters. The molecular formula is C29H24F7N5O2. The number of nitrogens with zero attached hydrogens (tertiary/aromatic N) is 3. The summed E-state index contributed by atoms with van der Waals surface area (Å²) < 4.78 is 106. The lowest BCUT2D eigenvalue weighted by Gasteiger charge is -2.39. The van der Waals surface area contributed by atoms with Crippen molar-refractivity contribution in [2.24, 2.45) is 0 Å². The fourth-order valence-electron chi connectivity index (χ4n) is 5.29. The topological polar surface area (TPSA) is 83.1 Å². The molecular weight excluding hydrogens is 583 g/mol. The van der Waals surface area contributed by atoms with Gasteiger partial charge in [0.25, 0.3) is 5.92 Å². The molecule has 0 radical (unpaired) electrons. The molecule has 0 unspecified atom stereocenters. The summed E-state index contributed by atoms with van der Waals surface area (Å²) >= 11 is 0. The number of ether oxygens (including phenoxy) is 1. The van der Waals surface area contributed by atoms with Crippen molar-refractivity contribution in [2.45, 2.75) is 36.5 Å². The summed E-state index contributed by atoms with van der Waals surface area (Å²) in [5.41, 5.74) is -3.29. The van der Waals surface area contributed by atoms with Gasteiger partial charge in [-0.05, 0) is 47.0 Å². The van der Waals surface area contributed by atoms with Crippen LogP contribution in [0.3, 0.4) is 0 Å². The lowest BCUT2D eigenvalue weighted by molar-refractivity contribution is -0.137. The number of amides is 2. The number of hydrogen-bond donors (Lipinski definition) is 2. The molecule has 1 saturated heterocycles. The molecule has 2 N–H and O–H groups in total. The van der Waals surface area contributed by atoms with Crippen LogP contribution in [0.25, 0.3) is 0 Å². The number of methoxy groups -OCH3 is 1. The van der Waals surface area contributed by atoms with Gasteiger partial charge in [0.15, 0.2) is 11.6 Å². The first kappa shape index (κ1) is 29.9. The number of hydrogen-bond acceptors (Lipinski definition) is 4. The molecule has 4 aromatic rings. The van der Waals surface area contributed by atoms with Gasteiger partial charge in [-0.1, -0.05) is 36.4 Å². The second-order valence-corrected chi connectivity index (χ2v) is 10.1. The zero-order valence-electron chi connectivity index (χ0n) is 22.4. The molecule has 0 saturated carbocycles. The van der Waals surface area contributed by atoms with Gasteiger partial charge >= 0.3 is 12.2 Å². The molecule has 3 aromatic carbocycles. The van der Waals surface area contributed by atoms with Crippen molar-refractivity contribution >= 4 is 6.03 Å². The highest BCUT2D eigenvalue weighted by molar-refractivity contribution is 5.77. The minimum atomic E-state index is -4.98. The highest BCUT2D eigenvalue weighted by Gasteiger charge is 2.50. The molecule has 5 rings (SSSR count). The summed E-state index contributed by atoms with van der Waals surface area (Å²) in [7, 11) is 1.16. The first-order chi connectivity index (χ1) is 20.3. The summed E-state index contributed by atoms with van der Waals surface area (Å²) in [6.45, 7) is -1.05. The van der Waals surface area contributed by atoms with Crippen LogP contribution in [-0.2, 0) is 18.1 Å². The normalized spacial score (nSPS) is 17.9. The minimum absolute atomic E-state index is 0.00356. The van der Waals surface area contributed by atoms with E-state index in [1.54, 1.807) is 30.3 Å². The molecule has 1 aromatic heterocycles. The van der Waals surface area contributed by atoms with Gasteiger partial charge in [-0.3, -0.25) is 5.10 Å². The molecule has 2 heterocycles. The number of alkyl halides is 5. The first-order valence-electron chi connectivity index (χ1n) is 12.9. The van der Waals surface area contributed by atoms with Gasteiger partial charge < -0.3 is 15.0 Å². The molecule has 2 amide bonds. The number of aromatic nitrogens is 3. The quantitative estimate of drug-likeness (QED) is 0.239. The predicted octanol–water partition coefficient (Wildman–Crippen LogP) is 6.39. The Morgan fingerprint density at radius 2 is 1.77 bits per heavy atom. The Morgan fingerprint density at radius 3 is 2.42 bits per heavy atom. The van der Waals surface area contributed by atoms with Crippen LogP contribution in [0.4, 0.5) is 35.5 Å². The van der Waals surface area contributed by atoms with E-state index in [2.05, 4.69) is 20.5 Å². The number of nitrogens with one attached hydrogen (secondary N) is 2. The van der Waals surface area contributed by atoms with E-state index in [0.717, 1.165) is 36.5 Å². The zero-order chi connectivity index (χ0) is 31.0. The molecule has 14 heteroatoms. The van der Waals surface area contributed by atoms with Crippen molar-refractivity contribution in [3.63, 3.8) is 0 Å². The SMILES string of the molecule is COc1cc([C@@](Cc2ccccc2)(NC(=O)N2CC(F)(F)C[C@H]2c2ncn[nH]2)c2cc(F)cc(C(F)(F)F)c2)ccc1F. The van der Waals surface area contributed by atoms with Crippen LogP contribution >= 0.6 is 0 Å². The molecule has 0 bridgehead atoms. The van der Waals surface area contributed by atoms with Gasteiger partial charge in [-0.2, -0.15) is 18.3 Å². The Morgan fingerprint density at radius 1 is 1.05 bits per heavy atom. The van der Waals surface area contributed by atoms with Gasteiger partial charge in [0.05, 0.1) is 30.8 Å². The highest BCUT2D eigenvalue weighted by atomic mass is 19.4. The number of carbonyl (C=O) groups excluding carboxylic acids is 1. The number of likely N-dealkylation sites (tertiary alicyclic amines) is 1. The fourth-order valence-corrected chi connectivity index (χ4v) is 5.29. The fraction of sp³-hybridized carbons (Fsp3) is 0.276. The predicted molar refractivity (Wildman–Crippen MR) is 139 cm³/mol. The first-order valence-corrected chi connectivity index (χ1v) is 12.9. The number of rotatable bonds is 7. The Kier molecular flexibility index (Phi) is 7.80. The molecule has 0 aliphatic carbocycles. The third-order valence-corrected chi connectivity index (χ3v) is 7.27. The molecule has 1 fully saturated rings. The molecule has 1 aliphatic heterocycles. The third kappa shape index (κ3) is 6.13. The van der Waals surface area contributed by atoms with E-state index >= 15 is 0 Å². The van der Waals surface area contributed by atoms with Crippen molar-refractivity contribution in [3.05, 3.63) is 113 Å². The van der Waals surface area contributed by atoms with Crippen molar-refractivity contribution in [1.29, 1.82) is 0 Å². The van der Waals surface area contributed by atoms with E-state index in [4.69, 9.17) is 4.74 Å². The van der Waals surface area contributed by atoms with E-state index in [9.17, 15) is 35.5 Å². The van der Waals surface area contributed by atoms with Crippen LogP contribution in [0, 0.1) is 11.6 Å². The molecule has 1 aliphatic rings. The monoisotopic (exact) mass is 607 g/mol. The number of aromatic amines is 1. The Balaban J connectivity index is 1.73. The number of H-pyrrole nitrogens is 1. The lowest BCUT2D eigenvalue weighted by Crippen LogP contribution is -2.53. The van der Waals surface area contributed by atoms with E-state index in [0.29, 0.717) is 17.7 Å². The molecule has 226 valence electrons. The number of urea groups is 1. The van der Waals surface area contributed by atoms with Crippen LogP contribution < -0.4 is 10.1 Å². The van der Waals surface area contributed by atoms with Gasteiger partial charge in [-0.25, -0.2) is 27.3 Å². The third-order valence-electron chi connectivity index (χ3n) is 7.27. The van der Waals surface area contributed by atoms with Gasteiger partial charge in [0.1, 0.15) is 18.0 Å². The van der Waals surface area contributed by atoms with E-state index in [1.165, 1.54) is 6.07 Å². The van der Waals surface area contributed by atoms with Crippen LogP contribution in [0.2, 0.25) is 0 Å². The van der Waals surface area contributed by atoms with Crippen molar-refractivity contribution in [1.82, 2.24) is 25.4 Å². The van der Waals surface area contributed by atoms with Crippen LogP contribution in [0.1, 0.15) is 40.5 Å². The second kappa shape index (κ2) is 11.2. The van der Waals surface area contributed by atoms with Gasteiger partial charge in [-0.15, -0.1) is 0 Å². The van der Waals surface area contributed by atoms with Crippen LogP contribution in [0.15, 0.2) is 73.1 Å². The number of carbonyl (C=O) groups is 1. The van der Waals surface area contributed by atoms with E-state index in [-0.39, 0.29) is 29.1 Å². The highest BCUT2D eigenvalue weighted by Crippen LogP contribution is 2.43. The minimum Gasteiger partial charge on any atom is -0.494 e. The zero-order valence-corrected chi connectivity index (χ0v) is 22.4. The standard InChI is InChI=1S/C29H24F7N5O2/c1-43-24-12-18(7-8-22(24)31)28(13-17-5-3-2-4-6-17,19-9-20(29(34,35)36)11-21(30)10-19)39-26(42)41-15-27(32,33)14-23(41)25-37-16-38-40-25/h2-12,16,23H,13-15H2,1H3,(H,39,42)(H,37,38,40)/t23-,28+/m0/s1. The summed E-state index contributed by atoms with van der Waals surface area (Å²) in [4.78, 5) is 18.7. The van der Waals surface area contributed by atoms with Crippen LogP contribution in [-0.4, -0.2) is 45.7 Å². The summed E-state index contributed by atoms with van der Waals surface area (Å²) in [5.74, 6) is -5.76. The Bertz CT molecular complexity index is 1600. The van der Waals surface area contributed by atoms with E-state index < -0.39 is 59.9 Å². The Labute approximate surface area is 240 Å². The maximum Gasteiger partial charge on any atom is 0.416 e. The molecule has 43 heavy (non-hydrogen) atoms.